The number of hydrogen-bond acceptors (Lipinski definition) is 3. The molecule has 1 saturated heterocycles. The second kappa shape index (κ2) is 8.48. The summed E-state index contributed by atoms with van der Waals surface area (Å²) in [4.78, 5) is 25.9. The van der Waals surface area contributed by atoms with E-state index in [1.54, 1.807) is 0 Å². The van der Waals surface area contributed by atoms with Gasteiger partial charge in [-0.3, -0.25) is 9.59 Å². The van der Waals surface area contributed by atoms with Crippen LogP contribution < -0.4 is 0 Å². The van der Waals surface area contributed by atoms with Crippen LogP contribution in [0.1, 0.15) is 37.7 Å². The lowest BCUT2D eigenvalue weighted by molar-refractivity contribution is -0.148. The lowest BCUT2D eigenvalue weighted by Crippen LogP contribution is -2.48. The van der Waals surface area contributed by atoms with Crippen LogP contribution in [0.3, 0.4) is 0 Å². The van der Waals surface area contributed by atoms with Crippen LogP contribution in [-0.2, 0) is 20.7 Å². The minimum absolute atomic E-state index is 0.0665. The maximum atomic E-state index is 12.8. The SMILES string of the molecule is O=C(O)C1CCCC(C(=O)N2CCOC(CCc3ccccc3)C2)C1. The van der Waals surface area contributed by atoms with Gasteiger partial charge in [0, 0.05) is 19.0 Å². The molecule has 0 radical (unpaired) electrons. The van der Waals surface area contributed by atoms with Crippen LogP contribution in [0, 0.1) is 11.8 Å². The molecule has 5 nitrogen and oxygen atoms in total. The monoisotopic (exact) mass is 345 g/mol. The van der Waals surface area contributed by atoms with Crippen molar-refractivity contribution in [3.63, 3.8) is 0 Å². The van der Waals surface area contributed by atoms with Crippen molar-refractivity contribution in [2.24, 2.45) is 11.8 Å². The van der Waals surface area contributed by atoms with E-state index in [1.165, 1.54) is 5.56 Å². The van der Waals surface area contributed by atoms with Crippen LogP contribution in [0.4, 0.5) is 0 Å². The van der Waals surface area contributed by atoms with Crippen LogP contribution in [-0.4, -0.2) is 47.7 Å². The number of aryl methyl sites for hydroxylation is 1. The maximum Gasteiger partial charge on any atom is 0.306 e. The van der Waals surface area contributed by atoms with Gasteiger partial charge in [-0.05, 0) is 37.7 Å². The molecule has 1 amide bonds. The van der Waals surface area contributed by atoms with E-state index < -0.39 is 5.97 Å². The maximum absolute atomic E-state index is 12.8. The molecule has 1 aromatic carbocycles. The van der Waals surface area contributed by atoms with Crippen molar-refractivity contribution in [2.45, 2.75) is 44.6 Å². The fraction of sp³-hybridized carbons (Fsp3) is 0.600. The van der Waals surface area contributed by atoms with Crippen molar-refractivity contribution in [1.29, 1.82) is 0 Å². The first-order chi connectivity index (χ1) is 12.1. The Morgan fingerprint density at radius 1 is 1.16 bits per heavy atom. The summed E-state index contributed by atoms with van der Waals surface area (Å²) in [6.45, 7) is 1.81. The summed E-state index contributed by atoms with van der Waals surface area (Å²) in [7, 11) is 0. The highest BCUT2D eigenvalue weighted by atomic mass is 16.5. The quantitative estimate of drug-likeness (QED) is 0.891. The van der Waals surface area contributed by atoms with E-state index in [4.69, 9.17) is 4.74 Å². The Morgan fingerprint density at radius 3 is 2.68 bits per heavy atom. The lowest BCUT2D eigenvalue weighted by atomic mass is 9.80. The summed E-state index contributed by atoms with van der Waals surface area (Å²) in [5.74, 6) is -1.14. The zero-order valence-electron chi connectivity index (χ0n) is 14.6. The van der Waals surface area contributed by atoms with Gasteiger partial charge in [-0.2, -0.15) is 0 Å². The fourth-order valence-electron chi connectivity index (χ4n) is 3.96. The number of ether oxygens (including phenoxy) is 1. The van der Waals surface area contributed by atoms with Crippen molar-refractivity contribution < 1.29 is 19.4 Å². The van der Waals surface area contributed by atoms with Gasteiger partial charge in [-0.15, -0.1) is 0 Å². The Bertz CT molecular complexity index is 589. The van der Waals surface area contributed by atoms with E-state index in [0.717, 1.165) is 25.7 Å². The van der Waals surface area contributed by atoms with Crippen molar-refractivity contribution in [1.82, 2.24) is 4.90 Å². The zero-order valence-corrected chi connectivity index (χ0v) is 14.6. The molecule has 1 aliphatic carbocycles. The molecule has 5 heteroatoms. The number of carboxylic acids is 1. The molecule has 0 bridgehead atoms. The number of morpholine rings is 1. The van der Waals surface area contributed by atoms with Crippen LogP contribution in [0.15, 0.2) is 30.3 Å². The van der Waals surface area contributed by atoms with Gasteiger partial charge in [0.1, 0.15) is 0 Å². The second-order valence-corrected chi connectivity index (χ2v) is 7.20. The van der Waals surface area contributed by atoms with Gasteiger partial charge < -0.3 is 14.7 Å². The van der Waals surface area contributed by atoms with Gasteiger partial charge in [0.15, 0.2) is 0 Å². The number of amides is 1. The number of carbonyl (C=O) groups is 2. The Morgan fingerprint density at radius 2 is 1.92 bits per heavy atom. The first-order valence-electron chi connectivity index (χ1n) is 9.30. The molecule has 1 saturated carbocycles. The minimum Gasteiger partial charge on any atom is -0.481 e. The normalized spacial score (nSPS) is 27.0. The van der Waals surface area contributed by atoms with Gasteiger partial charge in [0.2, 0.25) is 5.91 Å². The van der Waals surface area contributed by atoms with Crippen molar-refractivity contribution in [3.05, 3.63) is 35.9 Å². The van der Waals surface area contributed by atoms with Crippen LogP contribution in [0.2, 0.25) is 0 Å². The Balaban J connectivity index is 1.52. The molecule has 3 atom stereocenters. The summed E-state index contributed by atoms with van der Waals surface area (Å²) in [6.07, 6.45) is 4.73. The molecule has 2 fully saturated rings. The molecule has 25 heavy (non-hydrogen) atoms. The number of nitrogens with zero attached hydrogens (tertiary/aromatic N) is 1. The number of rotatable bonds is 5. The van der Waals surface area contributed by atoms with E-state index in [1.807, 2.05) is 23.1 Å². The predicted molar refractivity (Wildman–Crippen MR) is 94.2 cm³/mol. The molecule has 2 aliphatic rings. The van der Waals surface area contributed by atoms with Gasteiger partial charge in [0.05, 0.1) is 18.6 Å². The van der Waals surface area contributed by atoms with Gasteiger partial charge in [0.25, 0.3) is 0 Å². The smallest absolute Gasteiger partial charge is 0.306 e. The molecule has 0 spiro atoms. The highest BCUT2D eigenvalue weighted by Gasteiger charge is 2.35. The van der Waals surface area contributed by atoms with Crippen LogP contribution >= 0.6 is 0 Å². The van der Waals surface area contributed by atoms with Gasteiger partial charge >= 0.3 is 5.97 Å². The van der Waals surface area contributed by atoms with Crippen LogP contribution in [0.5, 0.6) is 0 Å². The Hall–Kier alpha value is -1.88. The number of carbonyl (C=O) groups excluding carboxylic acids is 1. The molecule has 136 valence electrons. The van der Waals surface area contributed by atoms with Crippen molar-refractivity contribution in [3.8, 4) is 0 Å². The molecule has 1 N–H and O–H groups in total. The Kier molecular flexibility index (Phi) is 6.08. The van der Waals surface area contributed by atoms with Gasteiger partial charge in [-0.25, -0.2) is 0 Å². The van der Waals surface area contributed by atoms with E-state index in [0.29, 0.717) is 32.5 Å². The van der Waals surface area contributed by atoms with Crippen LogP contribution in [0.25, 0.3) is 0 Å². The second-order valence-electron chi connectivity index (χ2n) is 7.20. The summed E-state index contributed by atoms with van der Waals surface area (Å²) in [5.41, 5.74) is 1.28. The topological polar surface area (TPSA) is 66.8 Å². The highest BCUT2D eigenvalue weighted by Crippen LogP contribution is 2.31. The lowest BCUT2D eigenvalue weighted by Gasteiger charge is -2.36. The third kappa shape index (κ3) is 4.82. The number of hydrogen-bond donors (Lipinski definition) is 1. The van der Waals surface area contributed by atoms with E-state index in [-0.39, 0.29) is 23.8 Å². The van der Waals surface area contributed by atoms with Crippen molar-refractivity contribution >= 4 is 11.9 Å². The molecule has 3 rings (SSSR count). The summed E-state index contributed by atoms with van der Waals surface area (Å²) in [5, 5.41) is 9.22. The highest BCUT2D eigenvalue weighted by molar-refractivity contribution is 5.80. The molecular formula is C20H27NO4. The summed E-state index contributed by atoms with van der Waals surface area (Å²) in [6, 6.07) is 10.3. The zero-order chi connectivity index (χ0) is 17.6. The average molecular weight is 345 g/mol. The molecular weight excluding hydrogens is 318 g/mol. The fourth-order valence-corrected chi connectivity index (χ4v) is 3.96. The largest absolute Gasteiger partial charge is 0.481 e. The van der Waals surface area contributed by atoms with E-state index in [2.05, 4.69) is 12.1 Å². The van der Waals surface area contributed by atoms with Gasteiger partial charge in [-0.1, -0.05) is 36.8 Å². The summed E-state index contributed by atoms with van der Waals surface area (Å²) >= 11 is 0. The first kappa shape index (κ1) is 17.9. The van der Waals surface area contributed by atoms with E-state index >= 15 is 0 Å². The third-order valence-electron chi connectivity index (χ3n) is 5.42. The number of carboxylic acid groups (broad SMARTS) is 1. The number of benzene rings is 1. The first-order valence-corrected chi connectivity index (χ1v) is 9.30. The Labute approximate surface area is 149 Å². The molecule has 3 unspecified atom stereocenters. The molecule has 0 aromatic heterocycles. The van der Waals surface area contributed by atoms with E-state index in [9.17, 15) is 14.7 Å². The third-order valence-corrected chi connectivity index (χ3v) is 5.42. The summed E-state index contributed by atoms with van der Waals surface area (Å²) < 4.78 is 5.84. The van der Waals surface area contributed by atoms with Crippen molar-refractivity contribution in [2.75, 3.05) is 19.7 Å². The average Bonchev–Trinajstić information content (AvgIpc) is 2.67. The minimum atomic E-state index is -0.764. The number of aliphatic carboxylic acids is 1. The standard InChI is InChI=1S/C20H27NO4/c22-19(16-7-4-8-17(13-16)20(23)24)21-11-12-25-18(14-21)10-9-15-5-2-1-3-6-15/h1-3,5-6,16-18H,4,7-14H2,(H,23,24). The molecule has 1 aliphatic heterocycles. The predicted octanol–water partition coefficient (Wildman–Crippen LogP) is 2.74. The molecule has 1 heterocycles. The molecule has 1 aromatic rings.